The smallest absolute Gasteiger partial charge is 0.289 e. The van der Waals surface area contributed by atoms with Gasteiger partial charge in [-0.1, -0.05) is 11.6 Å². The number of thioether (sulfide) groups is 1. The molecule has 0 aliphatic carbocycles. The summed E-state index contributed by atoms with van der Waals surface area (Å²) in [6, 6.07) is 1.80. The number of anilines is 1. The van der Waals surface area contributed by atoms with Crippen LogP contribution in [0.5, 0.6) is 0 Å². The molecular formula is C11H14ClN3O2S. The van der Waals surface area contributed by atoms with Gasteiger partial charge >= 0.3 is 0 Å². The van der Waals surface area contributed by atoms with Gasteiger partial charge in [0.2, 0.25) is 0 Å². The highest BCUT2D eigenvalue weighted by Gasteiger charge is 2.27. The van der Waals surface area contributed by atoms with Crippen LogP contribution in [0.4, 0.5) is 11.5 Å². The van der Waals surface area contributed by atoms with Crippen LogP contribution < -0.4 is 4.90 Å². The number of rotatable bonds is 4. The summed E-state index contributed by atoms with van der Waals surface area (Å²) in [6.07, 6.45) is 5.58. The molecule has 1 unspecified atom stereocenters. The SMILES string of the molecule is CSCC1CCCN1c1ncc([N+](=O)[O-])cc1Cl. The van der Waals surface area contributed by atoms with Crippen molar-refractivity contribution in [2.24, 2.45) is 0 Å². The molecule has 0 radical (unpaired) electrons. The van der Waals surface area contributed by atoms with E-state index in [0.29, 0.717) is 16.9 Å². The first-order valence-electron chi connectivity index (χ1n) is 5.69. The normalized spacial score (nSPS) is 19.2. The van der Waals surface area contributed by atoms with E-state index >= 15 is 0 Å². The zero-order valence-corrected chi connectivity index (χ0v) is 11.6. The largest absolute Gasteiger partial charge is 0.352 e. The second-order valence-corrected chi connectivity index (χ2v) is 5.52. The summed E-state index contributed by atoms with van der Waals surface area (Å²) >= 11 is 7.89. The fraction of sp³-hybridized carbons (Fsp3) is 0.545. The molecule has 1 aliphatic heterocycles. The number of nitro groups is 1. The zero-order chi connectivity index (χ0) is 13.1. The van der Waals surface area contributed by atoms with Crippen LogP contribution in [0, 0.1) is 10.1 Å². The highest BCUT2D eigenvalue weighted by molar-refractivity contribution is 7.98. The van der Waals surface area contributed by atoms with Crippen molar-refractivity contribution in [2.75, 3.05) is 23.5 Å². The Kier molecular flexibility index (Phi) is 4.29. The molecule has 98 valence electrons. The summed E-state index contributed by atoms with van der Waals surface area (Å²) in [5.74, 6) is 1.69. The molecule has 1 aromatic heterocycles. The molecule has 1 atom stereocenters. The summed E-state index contributed by atoms with van der Waals surface area (Å²) < 4.78 is 0. The third-order valence-electron chi connectivity index (χ3n) is 3.03. The molecular weight excluding hydrogens is 274 g/mol. The lowest BCUT2D eigenvalue weighted by Gasteiger charge is -2.25. The van der Waals surface area contributed by atoms with Gasteiger partial charge < -0.3 is 4.90 Å². The summed E-state index contributed by atoms with van der Waals surface area (Å²) in [6.45, 7) is 0.912. The maximum atomic E-state index is 10.6. The fourth-order valence-corrected chi connectivity index (χ4v) is 3.21. The van der Waals surface area contributed by atoms with Crippen molar-refractivity contribution >= 4 is 34.9 Å². The average Bonchev–Trinajstić information content (AvgIpc) is 2.77. The molecule has 1 saturated heterocycles. The number of halogens is 1. The number of hydrogen-bond acceptors (Lipinski definition) is 5. The predicted molar refractivity (Wildman–Crippen MR) is 74.7 cm³/mol. The van der Waals surface area contributed by atoms with E-state index in [-0.39, 0.29) is 5.69 Å². The molecule has 1 aliphatic rings. The van der Waals surface area contributed by atoms with Crippen molar-refractivity contribution in [2.45, 2.75) is 18.9 Å². The van der Waals surface area contributed by atoms with Crippen LogP contribution in [-0.2, 0) is 0 Å². The van der Waals surface area contributed by atoms with Gasteiger partial charge in [0.05, 0.1) is 9.95 Å². The van der Waals surface area contributed by atoms with Crippen molar-refractivity contribution in [3.63, 3.8) is 0 Å². The van der Waals surface area contributed by atoms with Gasteiger partial charge in [0.1, 0.15) is 12.0 Å². The van der Waals surface area contributed by atoms with Crippen molar-refractivity contribution < 1.29 is 4.92 Å². The molecule has 1 aromatic rings. The van der Waals surface area contributed by atoms with Crippen LogP contribution in [0.25, 0.3) is 0 Å². The van der Waals surface area contributed by atoms with E-state index < -0.39 is 4.92 Å². The van der Waals surface area contributed by atoms with Crippen molar-refractivity contribution in [1.29, 1.82) is 0 Å². The van der Waals surface area contributed by atoms with Gasteiger partial charge in [-0.25, -0.2) is 4.98 Å². The van der Waals surface area contributed by atoms with E-state index in [4.69, 9.17) is 11.6 Å². The van der Waals surface area contributed by atoms with Crippen LogP contribution in [0.15, 0.2) is 12.3 Å². The van der Waals surface area contributed by atoms with E-state index in [9.17, 15) is 10.1 Å². The molecule has 5 nitrogen and oxygen atoms in total. The lowest BCUT2D eigenvalue weighted by atomic mass is 10.2. The highest BCUT2D eigenvalue weighted by Crippen LogP contribution is 2.32. The van der Waals surface area contributed by atoms with Gasteiger partial charge in [-0.05, 0) is 19.1 Å². The summed E-state index contributed by atoms with van der Waals surface area (Å²) in [7, 11) is 0. The molecule has 0 bridgehead atoms. The van der Waals surface area contributed by atoms with Crippen molar-refractivity contribution in [1.82, 2.24) is 4.98 Å². The maximum Gasteiger partial charge on any atom is 0.289 e. The number of hydrogen-bond donors (Lipinski definition) is 0. The second-order valence-electron chi connectivity index (χ2n) is 4.20. The molecule has 0 amide bonds. The van der Waals surface area contributed by atoms with Crippen LogP contribution in [0.3, 0.4) is 0 Å². The van der Waals surface area contributed by atoms with E-state index in [2.05, 4.69) is 16.1 Å². The monoisotopic (exact) mass is 287 g/mol. The second kappa shape index (κ2) is 5.75. The standard InChI is InChI=1S/C11H14ClN3O2S/c1-18-7-8-3-2-4-14(8)11-10(12)5-9(6-13-11)15(16)17/h5-6,8H,2-4,7H2,1H3. The molecule has 0 saturated carbocycles. The molecule has 0 N–H and O–H groups in total. The van der Waals surface area contributed by atoms with E-state index in [0.717, 1.165) is 25.1 Å². The van der Waals surface area contributed by atoms with Gasteiger partial charge in [0, 0.05) is 24.4 Å². The molecule has 0 aromatic carbocycles. The molecule has 2 heterocycles. The summed E-state index contributed by atoms with van der Waals surface area (Å²) in [5, 5.41) is 11.0. The molecule has 0 spiro atoms. The van der Waals surface area contributed by atoms with E-state index in [1.807, 2.05) is 0 Å². The number of nitrogens with zero attached hydrogens (tertiary/aromatic N) is 3. The Hall–Kier alpha value is -1.01. The average molecular weight is 288 g/mol. The Morgan fingerprint density at radius 2 is 2.50 bits per heavy atom. The summed E-state index contributed by atoms with van der Waals surface area (Å²) in [5.41, 5.74) is -0.0654. The van der Waals surface area contributed by atoms with Gasteiger partial charge in [0.25, 0.3) is 5.69 Å². The van der Waals surface area contributed by atoms with Crippen LogP contribution in [-0.4, -0.2) is 34.5 Å². The van der Waals surface area contributed by atoms with Crippen LogP contribution in [0.2, 0.25) is 5.02 Å². The molecule has 18 heavy (non-hydrogen) atoms. The van der Waals surface area contributed by atoms with Gasteiger partial charge in [-0.15, -0.1) is 0 Å². The van der Waals surface area contributed by atoms with Gasteiger partial charge in [-0.2, -0.15) is 11.8 Å². The van der Waals surface area contributed by atoms with E-state index in [1.165, 1.54) is 12.3 Å². The Morgan fingerprint density at radius 1 is 1.72 bits per heavy atom. The molecule has 7 heteroatoms. The first-order valence-corrected chi connectivity index (χ1v) is 7.46. The lowest BCUT2D eigenvalue weighted by Crippen LogP contribution is -2.32. The van der Waals surface area contributed by atoms with Gasteiger partial charge in [0.15, 0.2) is 0 Å². The Labute approximate surface area is 115 Å². The minimum Gasteiger partial charge on any atom is -0.352 e. The minimum absolute atomic E-state index is 0.0654. The van der Waals surface area contributed by atoms with E-state index in [1.54, 1.807) is 11.8 Å². The first kappa shape index (κ1) is 13.4. The number of aromatic nitrogens is 1. The third kappa shape index (κ3) is 2.70. The maximum absolute atomic E-state index is 10.6. The Bertz CT molecular complexity index is 458. The quantitative estimate of drug-likeness (QED) is 0.629. The minimum atomic E-state index is -0.480. The lowest BCUT2D eigenvalue weighted by molar-refractivity contribution is -0.385. The van der Waals surface area contributed by atoms with Gasteiger partial charge in [-0.3, -0.25) is 10.1 Å². The topological polar surface area (TPSA) is 59.3 Å². The summed E-state index contributed by atoms with van der Waals surface area (Å²) in [4.78, 5) is 16.5. The zero-order valence-electron chi connectivity index (χ0n) is 10.0. The first-order chi connectivity index (χ1) is 8.63. The molecule has 1 fully saturated rings. The number of pyridine rings is 1. The predicted octanol–water partition coefficient (Wildman–Crippen LogP) is 2.98. The van der Waals surface area contributed by atoms with Crippen LogP contribution >= 0.6 is 23.4 Å². The Morgan fingerprint density at radius 3 is 3.11 bits per heavy atom. The van der Waals surface area contributed by atoms with Crippen molar-refractivity contribution in [3.8, 4) is 0 Å². The molecule has 2 rings (SSSR count). The Balaban J connectivity index is 2.25. The fourth-order valence-electron chi connectivity index (χ4n) is 2.21. The highest BCUT2D eigenvalue weighted by atomic mass is 35.5. The van der Waals surface area contributed by atoms with Crippen LogP contribution in [0.1, 0.15) is 12.8 Å². The third-order valence-corrected chi connectivity index (χ3v) is 4.02. The van der Waals surface area contributed by atoms with Crippen molar-refractivity contribution in [3.05, 3.63) is 27.4 Å².